The maximum absolute atomic E-state index is 12.0. The highest BCUT2D eigenvalue weighted by Crippen LogP contribution is 2.18. The number of aliphatic hydroxyl groups is 1. The maximum atomic E-state index is 12.0. The molecular formula is C16H17BrN2O2. The highest BCUT2D eigenvalue weighted by molar-refractivity contribution is 9.10. The Kier molecular flexibility index (Phi) is 5.90. The molecule has 21 heavy (non-hydrogen) atoms. The summed E-state index contributed by atoms with van der Waals surface area (Å²) < 4.78 is 0.835. The number of nitrogens with zero attached hydrogens (tertiary/aromatic N) is 1. The fourth-order valence-electron chi connectivity index (χ4n) is 2.08. The lowest BCUT2D eigenvalue weighted by Gasteiger charge is -2.17. The molecule has 0 bridgehead atoms. The second-order valence-electron chi connectivity index (χ2n) is 4.69. The molecule has 2 rings (SSSR count). The van der Waals surface area contributed by atoms with Crippen molar-refractivity contribution >= 4 is 21.8 Å². The maximum Gasteiger partial charge on any atom is 0.269 e. The lowest BCUT2D eigenvalue weighted by Crippen LogP contribution is -2.29. The zero-order valence-electron chi connectivity index (χ0n) is 11.5. The van der Waals surface area contributed by atoms with E-state index in [2.05, 4.69) is 26.2 Å². The van der Waals surface area contributed by atoms with E-state index >= 15 is 0 Å². The third-order valence-corrected chi connectivity index (χ3v) is 3.69. The number of rotatable bonds is 6. The zero-order valence-corrected chi connectivity index (χ0v) is 13.1. The number of aliphatic hydroxyl groups excluding tert-OH is 1. The second kappa shape index (κ2) is 7.90. The van der Waals surface area contributed by atoms with E-state index in [1.807, 2.05) is 30.3 Å². The Balaban J connectivity index is 1.98. The third-order valence-electron chi connectivity index (χ3n) is 3.22. The van der Waals surface area contributed by atoms with Crippen LogP contribution in [0.3, 0.4) is 0 Å². The molecule has 0 saturated carbocycles. The minimum atomic E-state index is -0.207. The van der Waals surface area contributed by atoms with Crippen molar-refractivity contribution in [3.05, 3.63) is 64.4 Å². The van der Waals surface area contributed by atoms with Crippen LogP contribution >= 0.6 is 15.9 Å². The van der Waals surface area contributed by atoms with Gasteiger partial charge < -0.3 is 10.4 Å². The van der Waals surface area contributed by atoms with Crippen LogP contribution in [0.2, 0.25) is 0 Å². The van der Waals surface area contributed by atoms with Crippen LogP contribution in [-0.2, 0) is 0 Å². The number of pyridine rings is 1. The first-order valence-corrected chi connectivity index (χ1v) is 7.55. The minimum Gasteiger partial charge on any atom is -0.396 e. The Morgan fingerprint density at radius 3 is 2.62 bits per heavy atom. The van der Waals surface area contributed by atoms with Gasteiger partial charge in [0.15, 0.2) is 0 Å². The van der Waals surface area contributed by atoms with Gasteiger partial charge in [0.1, 0.15) is 5.69 Å². The number of halogens is 1. The van der Waals surface area contributed by atoms with Crippen LogP contribution in [0, 0.1) is 0 Å². The number of amides is 1. The van der Waals surface area contributed by atoms with Crippen molar-refractivity contribution in [3.63, 3.8) is 0 Å². The lowest BCUT2D eigenvalue weighted by molar-refractivity contribution is 0.0944. The topological polar surface area (TPSA) is 62.2 Å². The Labute approximate surface area is 132 Å². The van der Waals surface area contributed by atoms with E-state index in [0.717, 1.165) is 10.0 Å². The second-order valence-corrected chi connectivity index (χ2v) is 5.61. The molecule has 0 saturated heterocycles. The Morgan fingerprint density at radius 1 is 1.24 bits per heavy atom. The Hall–Kier alpha value is -1.72. The van der Waals surface area contributed by atoms with Crippen molar-refractivity contribution in [1.82, 2.24) is 10.3 Å². The standard InChI is InChI=1S/C16H17BrN2O2/c17-14-6-7-15(18-11-14)16(21)19-10-13(8-9-20)12-4-2-1-3-5-12/h1-7,11,13,20H,8-10H2,(H,19,21). The molecule has 0 radical (unpaired) electrons. The van der Waals surface area contributed by atoms with Crippen LogP contribution in [0.1, 0.15) is 28.4 Å². The molecule has 1 aromatic heterocycles. The summed E-state index contributed by atoms with van der Waals surface area (Å²) in [6.07, 6.45) is 2.20. The first kappa shape index (κ1) is 15.7. The van der Waals surface area contributed by atoms with Gasteiger partial charge in [-0.1, -0.05) is 30.3 Å². The molecule has 2 N–H and O–H groups in total. The van der Waals surface area contributed by atoms with Crippen LogP contribution in [0.25, 0.3) is 0 Å². The molecule has 110 valence electrons. The highest BCUT2D eigenvalue weighted by Gasteiger charge is 2.13. The fraction of sp³-hybridized carbons (Fsp3) is 0.250. The van der Waals surface area contributed by atoms with E-state index in [0.29, 0.717) is 18.7 Å². The van der Waals surface area contributed by atoms with Crippen molar-refractivity contribution in [2.45, 2.75) is 12.3 Å². The van der Waals surface area contributed by atoms with Crippen LogP contribution in [0.5, 0.6) is 0 Å². The fourth-order valence-corrected chi connectivity index (χ4v) is 2.32. The summed E-state index contributed by atoms with van der Waals surface area (Å²) in [5.41, 5.74) is 1.49. The number of hydrogen-bond acceptors (Lipinski definition) is 3. The van der Waals surface area contributed by atoms with Gasteiger partial charge >= 0.3 is 0 Å². The zero-order chi connectivity index (χ0) is 15.1. The summed E-state index contributed by atoms with van der Waals surface area (Å²) in [7, 11) is 0. The average Bonchev–Trinajstić information content (AvgIpc) is 2.52. The van der Waals surface area contributed by atoms with Crippen molar-refractivity contribution in [3.8, 4) is 0 Å². The van der Waals surface area contributed by atoms with Gasteiger partial charge in [-0.25, -0.2) is 4.98 Å². The first-order chi connectivity index (χ1) is 10.2. The average molecular weight is 349 g/mol. The molecule has 1 unspecified atom stereocenters. The molecule has 1 amide bonds. The molecule has 2 aromatic rings. The highest BCUT2D eigenvalue weighted by atomic mass is 79.9. The molecule has 0 aliphatic rings. The Morgan fingerprint density at radius 2 is 2.00 bits per heavy atom. The van der Waals surface area contributed by atoms with Crippen LogP contribution in [0.4, 0.5) is 0 Å². The lowest BCUT2D eigenvalue weighted by atomic mass is 9.96. The summed E-state index contributed by atoms with van der Waals surface area (Å²) in [6, 6.07) is 13.3. The molecule has 0 aliphatic heterocycles. The monoisotopic (exact) mass is 348 g/mol. The third kappa shape index (κ3) is 4.65. The van der Waals surface area contributed by atoms with E-state index < -0.39 is 0 Å². The number of aromatic nitrogens is 1. The molecule has 0 fully saturated rings. The predicted octanol–water partition coefficient (Wildman–Crippen LogP) is 2.74. The molecule has 5 heteroatoms. The summed E-state index contributed by atoms with van der Waals surface area (Å²) in [6.45, 7) is 0.563. The van der Waals surface area contributed by atoms with Gasteiger partial charge in [-0.05, 0) is 40.0 Å². The number of carbonyl (C=O) groups is 1. The SMILES string of the molecule is O=C(NCC(CCO)c1ccccc1)c1ccc(Br)cn1. The number of benzene rings is 1. The van der Waals surface area contributed by atoms with Crippen molar-refractivity contribution in [1.29, 1.82) is 0 Å². The largest absolute Gasteiger partial charge is 0.396 e. The molecule has 1 atom stereocenters. The quantitative estimate of drug-likeness (QED) is 0.843. The van der Waals surface area contributed by atoms with E-state index in [1.165, 1.54) is 0 Å². The van der Waals surface area contributed by atoms with Gasteiger partial charge in [0, 0.05) is 29.7 Å². The van der Waals surface area contributed by atoms with Gasteiger partial charge in [0.2, 0.25) is 0 Å². The normalized spacial score (nSPS) is 11.9. The molecule has 1 aromatic carbocycles. The van der Waals surface area contributed by atoms with Crippen molar-refractivity contribution < 1.29 is 9.90 Å². The number of nitrogens with one attached hydrogen (secondary N) is 1. The number of carbonyl (C=O) groups excluding carboxylic acids is 1. The van der Waals surface area contributed by atoms with E-state index in [1.54, 1.807) is 18.3 Å². The van der Waals surface area contributed by atoms with E-state index in [9.17, 15) is 9.90 Å². The van der Waals surface area contributed by atoms with Gasteiger partial charge in [-0.3, -0.25) is 4.79 Å². The smallest absolute Gasteiger partial charge is 0.269 e. The van der Waals surface area contributed by atoms with E-state index in [-0.39, 0.29) is 18.4 Å². The van der Waals surface area contributed by atoms with Gasteiger partial charge in [-0.2, -0.15) is 0 Å². The Bertz CT molecular complexity index is 573. The van der Waals surface area contributed by atoms with Gasteiger partial charge in [0.05, 0.1) is 0 Å². The minimum absolute atomic E-state index is 0.0893. The summed E-state index contributed by atoms with van der Waals surface area (Å²) >= 11 is 3.29. The molecule has 4 nitrogen and oxygen atoms in total. The van der Waals surface area contributed by atoms with Crippen LogP contribution in [0.15, 0.2) is 53.1 Å². The van der Waals surface area contributed by atoms with Gasteiger partial charge in [0.25, 0.3) is 5.91 Å². The van der Waals surface area contributed by atoms with Crippen molar-refractivity contribution in [2.24, 2.45) is 0 Å². The first-order valence-electron chi connectivity index (χ1n) is 6.76. The number of hydrogen-bond donors (Lipinski definition) is 2. The van der Waals surface area contributed by atoms with Crippen LogP contribution < -0.4 is 5.32 Å². The summed E-state index contributed by atoms with van der Waals surface area (Å²) in [5.74, 6) is -0.114. The summed E-state index contributed by atoms with van der Waals surface area (Å²) in [4.78, 5) is 16.1. The van der Waals surface area contributed by atoms with Crippen molar-refractivity contribution in [2.75, 3.05) is 13.2 Å². The molecule has 0 spiro atoms. The van der Waals surface area contributed by atoms with E-state index in [4.69, 9.17) is 0 Å². The van der Waals surface area contributed by atoms with Gasteiger partial charge in [-0.15, -0.1) is 0 Å². The molecular weight excluding hydrogens is 332 g/mol. The predicted molar refractivity (Wildman–Crippen MR) is 85.2 cm³/mol. The summed E-state index contributed by atoms with van der Waals surface area (Å²) in [5, 5.41) is 12.1. The molecule has 1 heterocycles. The molecule has 0 aliphatic carbocycles. The van der Waals surface area contributed by atoms with Crippen LogP contribution in [-0.4, -0.2) is 29.1 Å².